The van der Waals surface area contributed by atoms with Crippen molar-refractivity contribution >= 4 is 34.3 Å². The van der Waals surface area contributed by atoms with Gasteiger partial charge in [0.2, 0.25) is 11.4 Å². The number of aryl methyl sites for hydroxylation is 3. The topological polar surface area (TPSA) is 109 Å². The molecule has 196 valence electrons. The quantitative estimate of drug-likeness (QED) is 0.433. The number of carbonyl (C=O) groups excluding carboxylic acids is 1. The van der Waals surface area contributed by atoms with Crippen LogP contribution in [0.2, 0.25) is 0 Å². The summed E-state index contributed by atoms with van der Waals surface area (Å²) in [5.74, 6) is -0.401. The maximum absolute atomic E-state index is 12.4. The first-order valence-electron chi connectivity index (χ1n) is 12.9. The Balaban J connectivity index is 0.000000273. The number of aromatic nitrogens is 3. The van der Waals surface area contributed by atoms with E-state index >= 15 is 0 Å². The minimum atomic E-state index is -0.768. The maximum atomic E-state index is 12.4. The van der Waals surface area contributed by atoms with Crippen LogP contribution in [-0.4, -0.2) is 58.6 Å². The fraction of sp³-hybridized carbons (Fsp3) is 0.310. The number of nitrogens with two attached hydrogens (primary N) is 1. The highest BCUT2D eigenvalue weighted by atomic mass is 16.2. The largest absolute Gasteiger partial charge is 0.369 e. The molecule has 0 atom stereocenters. The number of benzene rings is 2. The third-order valence-electron chi connectivity index (χ3n) is 7.18. The SMILES string of the molecule is CN1CCN(c2ccc(Nc3ncc4c(=O)c(C(N)=O)cn(C)c4n3)cc2)CC1.c1ccc2c(c1)CCC2. The lowest BCUT2D eigenvalue weighted by molar-refractivity contribution is 0.0999. The zero-order chi connectivity index (χ0) is 26.6. The van der Waals surface area contributed by atoms with Gasteiger partial charge < -0.3 is 25.4 Å². The van der Waals surface area contributed by atoms with Crippen LogP contribution in [0, 0.1) is 0 Å². The standard InChI is InChI=1S/C20H23N7O2.C9H10/c1-25-7-9-27(10-8-25)14-5-3-13(4-6-14)23-20-22-11-15-17(28)16(18(21)29)12-26(2)19(15)24-20;1-2-5-9-7-3-6-8(9)4-1/h3-6,11-12H,7-10H2,1-2H3,(H2,21,29)(H,22,23,24);1-2,4-5H,3,6-7H2. The summed E-state index contributed by atoms with van der Waals surface area (Å²) in [6.45, 7) is 4.14. The molecule has 4 aromatic rings. The molecule has 3 heterocycles. The van der Waals surface area contributed by atoms with Gasteiger partial charge in [0.15, 0.2) is 0 Å². The van der Waals surface area contributed by atoms with E-state index in [1.54, 1.807) is 22.7 Å². The van der Waals surface area contributed by atoms with E-state index in [2.05, 4.69) is 68.5 Å². The van der Waals surface area contributed by atoms with E-state index in [1.807, 2.05) is 12.1 Å². The van der Waals surface area contributed by atoms with E-state index in [-0.39, 0.29) is 10.9 Å². The van der Waals surface area contributed by atoms with E-state index in [9.17, 15) is 9.59 Å². The Kier molecular flexibility index (Phi) is 7.37. The number of nitrogens with zero attached hydrogens (tertiary/aromatic N) is 5. The molecule has 6 rings (SSSR count). The van der Waals surface area contributed by atoms with Gasteiger partial charge in [0.1, 0.15) is 11.2 Å². The minimum Gasteiger partial charge on any atom is -0.369 e. The van der Waals surface area contributed by atoms with Gasteiger partial charge >= 0.3 is 0 Å². The van der Waals surface area contributed by atoms with E-state index in [0.29, 0.717) is 11.6 Å². The van der Waals surface area contributed by atoms with Crippen molar-refractivity contribution in [2.24, 2.45) is 12.8 Å². The zero-order valence-electron chi connectivity index (χ0n) is 21.9. The Labute approximate surface area is 221 Å². The summed E-state index contributed by atoms with van der Waals surface area (Å²) in [6.07, 6.45) is 6.78. The lowest BCUT2D eigenvalue weighted by Gasteiger charge is -2.34. The zero-order valence-corrected chi connectivity index (χ0v) is 21.9. The average molecular weight is 512 g/mol. The second-order valence-electron chi connectivity index (χ2n) is 9.86. The van der Waals surface area contributed by atoms with Crippen LogP contribution in [0.15, 0.2) is 65.7 Å². The van der Waals surface area contributed by atoms with Crippen molar-refractivity contribution < 1.29 is 4.79 Å². The van der Waals surface area contributed by atoms with Crippen molar-refractivity contribution in [2.75, 3.05) is 43.4 Å². The molecule has 9 heteroatoms. The summed E-state index contributed by atoms with van der Waals surface area (Å²) in [4.78, 5) is 37.1. The van der Waals surface area contributed by atoms with Crippen LogP contribution in [0.3, 0.4) is 0 Å². The number of fused-ring (bicyclic) bond motifs is 2. The number of nitrogens with one attached hydrogen (secondary N) is 1. The predicted octanol–water partition coefficient (Wildman–Crippen LogP) is 3.10. The van der Waals surface area contributed by atoms with Crippen LogP contribution in [0.4, 0.5) is 17.3 Å². The van der Waals surface area contributed by atoms with Crippen LogP contribution < -0.4 is 21.4 Å². The molecule has 1 amide bonds. The number of amides is 1. The van der Waals surface area contributed by atoms with Crippen molar-refractivity contribution in [1.82, 2.24) is 19.4 Å². The Bertz CT molecular complexity index is 1480. The number of carbonyl (C=O) groups is 1. The fourth-order valence-corrected chi connectivity index (χ4v) is 4.96. The molecule has 3 N–H and O–H groups in total. The van der Waals surface area contributed by atoms with Crippen LogP contribution in [-0.2, 0) is 19.9 Å². The number of rotatable bonds is 4. The van der Waals surface area contributed by atoms with Gasteiger partial charge in [-0.1, -0.05) is 24.3 Å². The molecule has 2 aromatic carbocycles. The van der Waals surface area contributed by atoms with Crippen molar-refractivity contribution in [2.45, 2.75) is 19.3 Å². The minimum absolute atomic E-state index is 0.0798. The molecule has 1 aliphatic carbocycles. The van der Waals surface area contributed by atoms with Gasteiger partial charge in [-0.05, 0) is 61.7 Å². The lowest BCUT2D eigenvalue weighted by atomic mass is 10.1. The number of hydrogen-bond donors (Lipinski definition) is 2. The average Bonchev–Trinajstić information content (AvgIpc) is 3.41. The summed E-state index contributed by atoms with van der Waals surface area (Å²) in [5.41, 5.74) is 10.3. The summed E-state index contributed by atoms with van der Waals surface area (Å²) < 4.78 is 1.60. The van der Waals surface area contributed by atoms with Gasteiger partial charge in [-0.2, -0.15) is 4.98 Å². The third kappa shape index (κ3) is 5.52. The van der Waals surface area contributed by atoms with E-state index in [4.69, 9.17) is 5.73 Å². The van der Waals surface area contributed by atoms with E-state index < -0.39 is 11.3 Å². The molecule has 0 spiro atoms. The molecule has 0 unspecified atom stereocenters. The highest BCUT2D eigenvalue weighted by molar-refractivity contribution is 5.95. The normalized spacial score (nSPS) is 15.1. The van der Waals surface area contributed by atoms with Gasteiger partial charge in [0.25, 0.3) is 5.91 Å². The van der Waals surface area contributed by atoms with E-state index in [0.717, 1.165) is 31.9 Å². The first-order chi connectivity index (χ1) is 18.4. The first kappa shape index (κ1) is 25.4. The van der Waals surface area contributed by atoms with Crippen molar-refractivity contribution in [3.63, 3.8) is 0 Å². The van der Waals surface area contributed by atoms with Crippen molar-refractivity contribution in [3.05, 3.63) is 87.8 Å². The molecule has 0 radical (unpaired) electrons. The molecule has 9 nitrogen and oxygen atoms in total. The smallest absolute Gasteiger partial charge is 0.254 e. The van der Waals surface area contributed by atoms with Crippen LogP contribution in [0.5, 0.6) is 0 Å². The molecular weight excluding hydrogens is 478 g/mol. The molecule has 1 fully saturated rings. The predicted molar refractivity (Wildman–Crippen MR) is 151 cm³/mol. The number of piperazine rings is 1. The van der Waals surface area contributed by atoms with Crippen molar-refractivity contribution in [3.8, 4) is 0 Å². The molecule has 2 aromatic heterocycles. The Hall–Kier alpha value is -4.24. The first-order valence-corrected chi connectivity index (χ1v) is 12.9. The van der Waals surface area contributed by atoms with Gasteiger partial charge in [-0.15, -0.1) is 0 Å². The van der Waals surface area contributed by atoms with Crippen molar-refractivity contribution in [1.29, 1.82) is 0 Å². The Morgan fingerprint density at radius 3 is 2.24 bits per heavy atom. The number of primary amides is 1. The third-order valence-corrected chi connectivity index (χ3v) is 7.18. The monoisotopic (exact) mass is 511 g/mol. The van der Waals surface area contributed by atoms with E-state index in [1.165, 1.54) is 37.3 Å². The molecule has 1 aliphatic heterocycles. The summed E-state index contributed by atoms with van der Waals surface area (Å²) in [7, 11) is 3.84. The molecule has 0 saturated carbocycles. The summed E-state index contributed by atoms with van der Waals surface area (Å²) in [6, 6.07) is 16.8. The van der Waals surface area contributed by atoms with Crippen LogP contribution in [0.25, 0.3) is 11.0 Å². The molecular formula is C29H33N7O2. The fourth-order valence-electron chi connectivity index (χ4n) is 4.96. The number of hydrogen-bond acceptors (Lipinski definition) is 7. The molecule has 0 bridgehead atoms. The molecule has 1 saturated heterocycles. The Morgan fingerprint density at radius 2 is 1.61 bits per heavy atom. The number of pyridine rings is 1. The summed E-state index contributed by atoms with van der Waals surface area (Å²) in [5, 5.41) is 3.41. The van der Waals surface area contributed by atoms with Gasteiger partial charge in [-0.25, -0.2) is 4.98 Å². The van der Waals surface area contributed by atoms with Gasteiger partial charge in [0, 0.05) is 57.0 Å². The second-order valence-corrected chi connectivity index (χ2v) is 9.86. The second kappa shape index (κ2) is 11.0. The highest BCUT2D eigenvalue weighted by Crippen LogP contribution is 2.22. The van der Waals surface area contributed by atoms with Crippen LogP contribution in [0.1, 0.15) is 27.9 Å². The maximum Gasteiger partial charge on any atom is 0.254 e. The highest BCUT2D eigenvalue weighted by Gasteiger charge is 2.15. The van der Waals surface area contributed by atoms with Gasteiger partial charge in [0.05, 0.1) is 5.39 Å². The number of anilines is 3. The summed E-state index contributed by atoms with van der Waals surface area (Å²) >= 11 is 0. The van der Waals surface area contributed by atoms with Gasteiger partial charge in [-0.3, -0.25) is 9.59 Å². The lowest BCUT2D eigenvalue weighted by Crippen LogP contribution is -2.44. The number of likely N-dealkylation sites (N-methyl/N-ethyl adjacent to an activating group) is 1. The molecule has 2 aliphatic rings. The van der Waals surface area contributed by atoms with Crippen LogP contribution >= 0.6 is 0 Å². The Morgan fingerprint density at radius 1 is 0.947 bits per heavy atom. The molecule has 38 heavy (non-hydrogen) atoms.